The molecule has 1 aromatic rings. The predicted octanol–water partition coefficient (Wildman–Crippen LogP) is 3.43. The summed E-state index contributed by atoms with van der Waals surface area (Å²) in [6, 6.07) is 5.10. The van der Waals surface area contributed by atoms with E-state index < -0.39 is 5.54 Å². The molecular formula is C15H17Cl2NO2. The molecule has 0 aromatic heterocycles. The summed E-state index contributed by atoms with van der Waals surface area (Å²) in [5.41, 5.74) is 0.315. The molecule has 20 heavy (non-hydrogen) atoms. The summed E-state index contributed by atoms with van der Waals surface area (Å²) in [6.45, 7) is -0.0183. The van der Waals surface area contributed by atoms with Crippen molar-refractivity contribution in [1.82, 2.24) is 5.32 Å². The van der Waals surface area contributed by atoms with Gasteiger partial charge < -0.3 is 10.4 Å². The summed E-state index contributed by atoms with van der Waals surface area (Å²) in [4.78, 5) is 11.9. The van der Waals surface area contributed by atoms with E-state index in [0.29, 0.717) is 10.0 Å². The zero-order valence-corrected chi connectivity index (χ0v) is 12.5. The average molecular weight is 314 g/mol. The maximum atomic E-state index is 11.9. The fourth-order valence-corrected chi connectivity index (χ4v) is 3.06. The molecule has 3 nitrogen and oxygen atoms in total. The molecule has 1 saturated carbocycles. The van der Waals surface area contributed by atoms with E-state index in [9.17, 15) is 9.90 Å². The van der Waals surface area contributed by atoms with Crippen molar-refractivity contribution in [1.29, 1.82) is 0 Å². The van der Waals surface area contributed by atoms with Gasteiger partial charge in [0.1, 0.15) is 0 Å². The standard InChI is InChI=1S/C15H17Cl2NO2/c16-12-7-11(8-13(17)9-12)3-4-14(20)18-15(10-19)5-1-2-6-15/h3-4,7-9,19H,1-2,5-6,10H2,(H,18,20). The van der Waals surface area contributed by atoms with Crippen molar-refractivity contribution in [2.45, 2.75) is 31.2 Å². The molecule has 0 saturated heterocycles. The van der Waals surface area contributed by atoms with E-state index in [-0.39, 0.29) is 12.5 Å². The zero-order valence-electron chi connectivity index (χ0n) is 11.0. The Kier molecular flexibility index (Phi) is 5.08. The van der Waals surface area contributed by atoms with Crippen molar-refractivity contribution in [2.75, 3.05) is 6.61 Å². The van der Waals surface area contributed by atoms with E-state index in [0.717, 1.165) is 31.2 Å². The number of benzene rings is 1. The highest BCUT2D eigenvalue weighted by atomic mass is 35.5. The molecule has 2 N–H and O–H groups in total. The minimum absolute atomic E-state index is 0.0183. The Morgan fingerprint density at radius 2 is 1.85 bits per heavy atom. The van der Waals surface area contributed by atoms with Crippen LogP contribution in [0.15, 0.2) is 24.3 Å². The number of carbonyl (C=O) groups excluding carboxylic acids is 1. The number of hydrogen-bond donors (Lipinski definition) is 2. The number of carbonyl (C=O) groups is 1. The first-order valence-corrected chi connectivity index (χ1v) is 7.36. The molecule has 1 amide bonds. The molecule has 1 aliphatic rings. The van der Waals surface area contributed by atoms with Crippen LogP contribution in [0.2, 0.25) is 10.0 Å². The van der Waals surface area contributed by atoms with Gasteiger partial charge in [-0.15, -0.1) is 0 Å². The zero-order chi connectivity index (χ0) is 14.6. The van der Waals surface area contributed by atoms with Gasteiger partial charge in [0.2, 0.25) is 5.91 Å². The second-order valence-electron chi connectivity index (χ2n) is 5.17. The maximum Gasteiger partial charge on any atom is 0.244 e. The normalized spacial score (nSPS) is 17.6. The topological polar surface area (TPSA) is 49.3 Å². The Morgan fingerprint density at radius 3 is 2.40 bits per heavy atom. The maximum absolute atomic E-state index is 11.9. The van der Waals surface area contributed by atoms with Crippen LogP contribution in [0.5, 0.6) is 0 Å². The highest BCUT2D eigenvalue weighted by Gasteiger charge is 2.33. The van der Waals surface area contributed by atoms with Gasteiger partial charge in [-0.1, -0.05) is 36.0 Å². The molecule has 0 radical (unpaired) electrons. The van der Waals surface area contributed by atoms with Crippen LogP contribution in [0.25, 0.3) is 6.08 Å². The van der Waals surface area contributed by atoms with Gasteiger partial charge in [0, 0.05) is 16.1 Å². The summed E-state index contributed by atoms with van der Waals surface area (Å²) < 4.78 is 0. The molecule has 0 unspecified atom stereocenters. The minimum atomic E-state index is -0.451. The highest BCUT2D eigenvalue weighted by Crippen LogP contribution is 2.29. The van der Waals surface area contributed by atoms with Crippen LogP contribution in [0.1, 0.15) is 31.2 Å². The van der Waals surface area contributed by atoms with E-state index >= 15 is 0 Å². The quantitative estimate of drug-likeness (QED) is 0.837. The van der Waals surface area contributed by atoms with Crippen LogP contribution in [0, 0.1) is 0 Å². The van der Waals surface area contributed by atoms with Crippen molar-refractivity contribution in [3.63, 3.8) is 0 Å². The molecule has 108 valence electrons. The van der Waals surface area contributed by atoms with Crippen molar-refractivity contribution < 1.29 is 9.90 Å². The molecule has 2 rings (SSSR count). The van der Waals surface area contributed by atoms with Crippen LogP contribution in [-0.2, 0) is 4.79 Å². The van der Waals surface area contributed by atoms with E-state index in [1.807, 2.05) is 0 Å². The molecule has 0 aliphatic heterocycles. The Hall–Kier alpha value is -1.03. The van der Waals surface area contributed by atoms with E-state index in [2.05, 4.69) is 5.32 Å². The number of aliphatic hydroxyl groups excluding tert-OH is 1. The van der Waals surface area contributed by atoms with Gasteiger partial charge in [0.15, 0.2) is 0 Å². The summed E-state index contributed by atoms with van der Waals surface area (Å²) >= 11 is 11.8. The van der Waals surface area contributed by atoms with E-state index in [4.69, 9.17) is 23.2 Å². The molecule has 0 atom stereocenters. The molecular weight excluding hydrogens is 297 g/mol. The van der Waals surface area contributed by atoms with Crippen LogP contribution < -0.4 is 5.32 Å². The Morgan fingerprint density at radius 1 is 1.25 bits per heavy atom. The minimum Gasteiger partial charge on any atom is -0.394 e. The largest absolute Gasteiger partial charge is 0.394 e. The van der Waals surface area contributed by atoms with Crippen molar-refractivity contribution >= 4 is 35.2 Å². The first-order valence-electron chi connectivity index (χ1n) is 6.60. The first-order chi connectivity index (χ1) is 9.53. The van der Waals surface area contributed by atoms with Gasteiger partial charge in [-0.05, 0) is 42.7 Å². The van der Waals surface area contributed by atoms with Gasteiger partial charge in [-0.25, -0.2) is 0 Å². The van der Waals surface area contributed by atoms with Crippen molar-refractivity contribution in [3.8, 4) is 0 Å². The number of hydrogen-bond acceptors (Lipinski definition) is 2. The molecule has 1 fully saturated rings. The van der Waals surface area contributed by atoms with Crippen molar-refractivity contribution in [2.24, 2.45) is 0 Å². The first kappa shape index (κ1) is 15.4. The molecule has 1 aliphatic carbocycles. The summed E-state index contributed by atoms with van der Waals surface area (Å²) in [5.74, 6) is -0.211. The number of halogens is 2. The van der Waals surface area contributed by atoms with Crippen LogP contribution in [0.4, 0.5) is 0 Å². The number of amides is 1. The van der Waals surface area contributed by atoms with Crippen LogP contribution >= 0.6 is 23.2 Å². The lowest BCUT2D eigenvalue weighted by molar-refractivity contribution is -0.118. The molecule has 1 aromatic carbocycles. The third-order valence-corrected chi connectivity index (χ3v) is 4.00. The summed E-state index contributed by atoms with van der Waals surface area (Å²) in [6.07, 6.45) is 6.83. The third kappa shape index (κ3) is 3.98. The fourth-order valence-electron chi connectivity index (χ4n) is 2.52. The van der Waals surface area contributed by atoms with Gasteiger partial charge in [-0.3, -0.25) is 4.79 Å². The third-order valence-electron chi connectivity index (χ3n) is 3.56. The molecule has 0 bridgehead atoms. The lowest BCUT2D eigenvalue weighted by Gasteiger charge is -2.27. The number of aliphatic hydroxyl groups is 1. The summed E-state index contributed by atoms with van der Waals surface area (Å²) in [7, 11) is 0. The molecule has 0 heterocycles. The Balaban J connectivity index is 2.01. The van der Waals surface area contributed by atoms with Gasteiger partial charge in [0.25, 0.3) is 0 Å². The van der Waals surface area contributed by atoms with Crippen LogP contribution in [0.3, 0.4) is 0 Å². The van der Waals surface area contributed by atoms with E-state index in [1.165, 1.54) is 6.08 Å². The van der Waals surface area contributed by atoms with Gasteiger partial charge >= 0.3 is 0 Å². The molecule has 0 spiro atoms. The second kappa shape index (κ2) is 6.61. The smallest absolute Gasteiger partial charge is 0.244 e. The van der Waals surface area contributed by atoms with E-state index in [1.54, 1.807) is 24.3 Å². The summed E-state index contributed by atoms with van der Waals surface area (Å²) in [5, 5.41) is 13.4. The lowest BCUT2D eigenvalue weighted by atomic mass is 9.99. The Bertz CT molecular complexity index is 502. The Labute approximate surface area is 128 Å². The SMILES string of the molecule is O=C(C=Cc1cc(Cl)cc(Cl)c1)NC1(CO)CCCC1. The number of rotatable bonds is 4. The number of nitrogens with one attached hydrogen (secondary N) is 1. The second-order valence-corrected chi connectivity index (χ2v) is 6.04. The van der Waals surface area contributed by atoms with Crippen molar-refractivity contribution in [3.05, 3.63) is 39.9 Å². The average Bonchev–Trinajstić information content (AvgIpc) is 2.84. The monoisotopic (exact) mass is 313 g/mol. The lowest BCUT2D eigenvalue weighted by Crippen LogP contribution is -2.48. The highest BCUT2D eigenvalue weighted by molar-refractivity contribution is 6.34. The fraction of sp³-hybridized carbons (Fsp3) is 0.400. The predicted molar refractivity (Wildman–Crippen MR) is 81.9 cm³/mol. The van der Waals surface area contributed by atoms with Gasteiger partial charge in [-0.2, -0.15) is 0 Å². The van der Waals surface area contributed by atoms with Gasteiger partial charge in [0.05, 0.1) is 12.1 Å². The molecule has 5 heteroatoms. The van der Waals surface area contributed by atoms with Crippen LogP contribution in [-0.4, -0.2) is 23.2 Å².